The SMILES string of the molecule is Cn1cc(CNCCCC(=O)NC2CC2)nn1. The molecule has 1 aliphatic rings. The summed E-state index contributed by atoms with van der Waals surface area (Å²) in [6.07, 6.45) is 5.64. The molecular formula is C11H19N5O. The van der Waals surface area contributed by atoms with Gasteiger partial charge in [-0.05, 0) is 25.8 Å². The van der Waals surface area contributed by atoms with Gasteiger partial charge in [-0.3, -0.25) is 9.48 Å². The van der Waals surface area contributed by atoms with E-state index in [9.17, 15) is 4.79 Å². The zero-order chi connectivity index (χ0) is 12.1. The first-order valence-corrected chi connectivity index (χ1v) is 6.09. The van der Waals surface area contributed by atoms with Crippen molar-refractivity contribution < 1.29 is 4.79 Å². The molecule has 17 heavy (non-hydrogen) atoms. The van der Waals surface area contributed by atoms with E-state index in [1.165, 1.54) is 0 Å². The fraction of sp³-hybridized carbons (Fsp3) is 0.727. The molecule has 0 bridgehead atoms. The Morgan fingerprint density at radius 3 is 3.06 bits per heavy atom. The molecule has 1 saturated carbocycles. The molecule has 1 heterocycles. The van der Waals surface area contributed by atoms with Gasteiger partial charge in [0.2, 0.25) is 5.91 Å². The van der Waals surface area contributed by atoms with Gasteiger partial charge in [0, 0.05) is 32.3 Å². The minimum absolute atomic E-state index is 0.175. The normalized spacial score (nSPS) is 14.9. The summed E-state index contributed by atoms with van der Waals surface area (Å²) in [5.74, 6) is 0.175. The van der Waals surface area contributed by atoms with Crippen LogP contribution in [0, 0.1) is 0 Å². The van der Waals surface area contributed by atoms with Crippen molar-refractivity contribution in [2.45, 2.75) is 38.3 Å². The van der Waals surface area contributed by atoms with Gasteiger partial charge in [-0.15, -0.1) is 5.10 Å². The third-order valence-corrected chi connectivity index (χ3v) is 2.66. The molecule has 2 rings (SSSR count). The van der Waals surface area contributed by atoms with Gasteiger partial charge in [-0.1, -0.05) is 5.21 Å². The monoisotopic (exact) mass is 237 g/mol. The predicted octanol–water partition coefficient (Wildman–Crippen LogP) is -0.0365. The zero-order valence-corrected chi connectivity index (χ0v) is 10.1. The van der Waals surface area contributed by atoms with E-state index in [0.29, 0.717) is 19.0 Å². The Kier molecular flexibility index (Phi) is 4.08. The Bertz CT molecular complexity index is 372. The van der Waals surface area contributed by atoms with Gasteiger partial charge in [-0.2, -0.15) is 0 Å². The van der Waals surface area contributed by atoms with E-state index in [1.807, 2.05) is 13.2 Å². The fourth-order valence-electron chi connectivity index (χ4n) is 1.59. The van der Waals surface area contributed by atoms with Crippen LogP contribution in [0.25, 0.3) is 0 Å². The molecule has 0 saturated heterocycles. The van der Waals surface area contributed by atoms with Crippen molar-refractivity contribution in [3.8, 4) is 0 Å². The van der Waals surface area contributed by atoms with Gasteiger partial charge >= 0.3 is 0 Å². The molecule has 2 N–H and O–H groups in total. The maximum absolute atomic E-state index is 11.4. The maximum atomic E-state index is 11.4. The van der Waals surface area contributed by atoms with Crippen LogP contribution in [-0.4, -0.2) is 33.5 Å². The molecule has 0 unspecified atom stereocenters. The number of aryl methyl sites for hydroxylation is 1. The lowest BCUT2D eigenvalue weighted by Gasteiger charge is -2.03. The van der Waals surface area contributed by atoms with Crippen molar-refractivity contribution in [2.75, 3.05) is 6.54 Å². The molecule has 94 valence electrons. The molecule has 0 radical (unpaired) electrons. The molecule has 0 aromatic carbocycles. The van der Waals surface area contributed by atoms with E-state index in [1.54, 1.807) is 4.68 Å². The minimum Gasteiger partial charge on any atom is -0.353 e. The largest absolute Gasteiger partial charge is 0.353 e. The van der Waals surface area contributed by atoms with Crippen molar-refractivity contribution in [1.29, 1.82) is 0 Å². The number of hydrogen-bond acceptors (Lipinski definition) is 4. The Hall–Kier alpha value is -1.43. The van der Waals surface area contributed by atoms with Crippen molar-refractivity contribution >= 4 is 5.91 Å². The molecule has 0 atom stereocenters. The summed E-state index contributed by atoms with van der Waals surface area (Å²) in [5, 5.41) is 14.0. The summed E-state index contributed by atoms with van der Waals surface area (Å²) in [4.78, 5) is 11.4. The molecule has 1 aromatic heterocycles. The van der Waals surface area contributed by atoms with Crippen LogP contribution in [0.15, 0.2) is 6.20 Å². The first kappa shape index (κ1) is 12.0. The van der Waals surface area contributed by atoms with E-state index in [0.717, 1.165) is 31.5 Å². The number of hydrogen-bond donors (Lipinski definition) is 2. The van der Waals surface area contributed by atoms with Crippen LogP contribution in [0.4, 0.5) is 0 Å². The lowest BCUT2D eigenvalue weighted by molar-refractivity contribution is -0.121. The average molecular weight is 237 g/mol. The van der Waals surface area contributed by atoms with Gasteiger partial charge in [-0.25, -0.2) is 0 Å². The van der Waals surface area contributed by atoms with Crippen molar-refractivity contribution in [2.24, 2.45) is 7.05 Å². The number of nitrogens with zero attached hydrogens (tertiary/aromatic N) is 3. The van der Waals surface area contributed by atoms with E-state index in [-0.39, 0.29) is 5.91 Å². The van der Waals surface area contributed by atoms with Gasteiger partial charge < -0.3 is 10.6 Å². The van der Waals surface area contributed by atoms with Crippen molar-refractivity contribution in [3.63, 3.8) is 0 Å². The van der Waals surface area contributed by atoms with E-state index >= 15 is 0 Å². The second-order valence-corrected chi connectivity index (χ2v) is 4.51. The molecule has 1 fully saturated rings. The number of aromatic nitrogens is 3. The van der Waals surface area contributed by atoms with E-state index in [2.05, 4.69) is 20.9 Å². The van der Waals surface area contributed by atoms with Gasteiger partial charge in [0.05, 0.1) is 5.69 Å². The third kappa shape index (κ3) is 4.52. The Morgan fingerprint density at radius 2 is 2.41 bits per heavy atom. The number of amides is 1. The van der Waals surface area contributed by atoms with Gasteiger partial charge in [0.1, 0.15) is 0 Å². The maximum Gasteiger partial charge on any atom is 0.220 e. The van der Waals surface area contributed by atoms with Crippen LogP contribution < -0.4 is 10.6 Å². The minimum atomic E-state index is 0.175. The van der Waals surface area contributed by atoms with Crippen LogP contribution >= 0.6 is 0 Å². The van der Waals surface area contributed by atoms with E-state index in [4.69, 9.17) is 0 Å². The third-order valence-electron chi connectivity index (χ3n) is 2.66. The quantitative estimate of drug-likeness (QED) is 0.653. The second-order valence-electron chi connectivity index (χ2n) is 4.51. The Labute approximate surface area is 101 Å². The smallest absolute Gasteiger partial charge is 0.220 e. The summed E-state index contributed by atoms with van der Waals surface area (Å²) >= 11 is 0. The second kappa shape index (κ2) is 5.77. The first-order valence-electron chi connectivity index (χ1n) is 6.09. The summed E-state index contributed by atoms with van der Waals surface area (Å²) in [7, 11) is 1.85. The summed E-state index contributed by atoms with van der Waals surface area (Å²) in [6, 6.07) is 0.468. The summed E-state index contributed by atoms with van der Waals surface area (Å²) in [6.45, 7) is 1.53. The van der Waals surface area contributed by atoms with Gasteiger partial charge in [0.25, 0.3) is 0 Å². The van der Waals surface area contributed by atoms with E-state index < -0.39 is 0 Å². The van der Waals surface area contributed by atoms with Crippen LogP contribution in [-0.2, 0) is 18.4 Å². The standard InChI is InChI=1S/C11H19N5O/c1-16-8-10(14-15-16)7-12-6-2-3-11(17)13-9-4-5-9/h8-9,12H,2-7H2,1H3,(H,13,17). The number of carbonyl (C=O) groups is 1. The summed E-state index contributed by atoms with van der Waals surface area (Å²) in [5.41, 5.74) is 0.926. The van der Waals surface area contributed by atoms with Crippen molar-refractivity contribution in [1.82, 2.24) is 25.6 Å². The topological polar surface area (TPSA) is 71.8 Å². The molecule has 0 spiro atoms. The molecule has 6 nitrogen and oxygen atoms in total. The predicted molar refractivity (Wildman–Crippen MR) is 63.1 cm³/mol. The number of rotatable bonds is 7. The van der Waals surface area contributed by atoms with Crippen LogP contribution in [0.2, 0.25) is 0 Å². The highest BCUT2D eigenvalue weighted by Gasteiger charge is 2.22. The van der Waals surface area contributed by atoms with Crippen LogP contribution in [0.5, 0.6) is 0 Å². The highest BCUT2D eigenvalue weighted by Crippen LogP contribution is 2.18. The lowest BCUT2D eigenvalue weighted by Crippen LogP contribution is -2.26. The highest BCUT2D eigenvalue weighted by atomic mass is 16.1. The van der Waals surface area contributed by atoms with Crippen LogP contribution in [0.3, 0.4) is 0 Å². The van der Waals surface area contributed by atoms with Crippen LogP contribution in [0.1, 0.15) is 31.4 Å². The molecule has 6 heteroatoms. The lowest BCUT2D eigenvalue weighted by atomic mass is 10.3. The highest BCUT2D eigenvalue weighted by molar-refractivity contribution is 5.76. The molecular weight excluding hydrogens is 218 g/mol. The zero-order valence-electron chi connectivity index (χ0n) is 10.1. The fourth-order valence-corrected chi connectivity index (χ4v) is 1.59. The van der Waals surface area contributed by atoms with Crippen molar-refractivity contribution in [3.05, 3.63) is 11.9 Å². The number of nitrogens with one attached hydrogen (secondary N) is 2. The molecule has 1 amide bonds. The molecule has 1 aromatic rings. The molecule has 0 aliphatic heterocycles. The van der Waals surface area contributed by atoms with Gasteiger partial charge in [0.15, 0.2) is 0 Å². The number of carbonyl (C=O) groups excluding carboxylic acids is 1. The summed E-state index contributed by atoms with van der Waals surface area (Å²) < 4.78 is 1.68. The Morgan fingerprint density at radius 1 is 1.59 bits per heavy atom. The molecule has 1 aliphatic carbocycles. The average Bonchev–Trinajstić information content (AvgIpc) is 3.00. The first-order chi connectivity index (χ1) is 8.24. The Balaban J connectivity index is 1.49.